The first-order chi connectivity index (χ1) is 13.7. The minimum atomic E-state index is -4.49. The molecule has 0 unspecified atom stereocenters. The molecule has 0 radical (unpaired) electrons. The molecule has 3 aromatic carbocycles. The van der Waals surface area contributed by atoms with E-state index in [1.165, 1.54) is 24.3 Å². The molecule has 2 amide bonds. The van der Waals surface area contributed by atoms with Gasteiger partial charge in [-0.1, -0.05) is 24.3 Å². The van der Waals surface area contributed by atoms with Gasteiger partial charge in [0.15, 0.2) is 0 Å². The highest BCUT2D eigenvalue weighted by Crippen LogP contribution is 2.30. The molecule has 0 aromatic heterocycles. The molecule has 29 heavy (non-hydrogen) atoms. The van der Waals surface area contributed by atoms with E-state index >= 15 is 0 Å². The Bertz CT molecular complexity index is 1040. The fraction of sp³-hybridized carbons (Fsp3) is 0.0909. The Morgan fingerprint density at radius 3 is 2.07 bits per heavy atom. The third-order valence-corrected chi connectivity index (χ3v) is 4.24. The molecule has 7 heteroatoms. The van der Waals surface area contributed by atoms with Gasteiger partial charge in [0.25, 0.3) is 11.8 Å². The van der Waals surface area contributed by atoms with E-state index in [9.17, 15) is 22.8 Å². The predicted molar refractivity (Wildman–Crippen MR) is 105 cm³/mol. The van der Waals surface area contributed by atoms with Crippen LogP contribution in [-0.2, 0) is 6.18 Å². The minimum Gasteiger partial charge on any atom is -0.322 e. The highest BCUT2D eigenvalue weighted by atomic mass is 19.4. The van der Waals surface area contributed by atoms with Gasteiger partial charge in [-0.05, 0) is 61.0 Å². The smallest absolute Gasteiger partial charge is 0.322 e. The zero-order valence-corrected chi connectivity index (χ0v) is 15.4. The van der Waals surface area contributed by atoms with Gasteiger partial charge in [0.1, 0.15) is 0 Å². The van der Waals surface area contributed by atoms with Crippen LogP contribution in [0.1, 0.15) is 31.8 Å². The number of alkyl halides is 3. The fourth-order valence-corrected chi connectivity index (χ4v) is 2.71. The number of hydrogen-bond acceptors (Lipinski definition) is 2. The summed E-state index contributed by atoms with van der Waals surface area (Å²) in [6.45, 7) is 1.83. The molecule has 0 aliphatic rings. The van der Waals surface area contributed by atoms with E-state index < -0.39 is 17.6 Å². The molecule has 0 saturated carbocycles. The third kappa shape index (κ3) is 5.01. The molecule has 148 valence electrons. The van der Waals surface area contributed by atoms with Gasteiger partial charge in [0, 0.05) is 22.5 Å². The summed E-state index contributed by atoms with van der Waals surface area (Å²) in [5.74, 6) is -0.828. The van der Waals surface area contributed by atoms with Crippen LogP contribution < -0.4 is 10.6 Å². The number of halogens is 3. The van der Waals surface area contributed by atoms with E-state index in [-0.39, 0.29) is 17.2 Å². The van der Waals surface area contributed by atoms with Crippen molar-refractivity contribution in [1.82, 2.24) is 0 Å². The fourth-order valence-electron chi connectivity index (χ4n) is 2.71. The van der Waals surface area contributed by atoms with Crippen molar-refractivity contribution in [3.05, 3.63) is 95.1 Å². The first kappa shape index (κ1) is 20.1. The SMILES string of the molecule is Cc1ccccc1C(=O)Nc1ccc(C(=O)Nc2cccc(C(F)(F)F)c2)cc1. The van der Waals surface area contributed by atoms with Crippen LogP contribution in [0, 0.1) is 6.92 Å². The van der Waals surface area contributed by atoms with Crippen LogP contribution in [0.15, 0.2) is 72.8 Å². The molecular weight excluding hydrogens is 381 g/mol. The van der Waals surface area contributed by atoms with E-state index in [2.05, 4.69) is 10.6 Å². The molecule has 2 N–H and O–H groups in total. The number of aryl methyl sites for hydroxylation is 1. The normalized spacial score (nSPS) is 11.0. The van der Waals surface area contributed by atoms with Crippen molar-refractivity contribution in [2.45, 2.75) is 13.1 Å². The van der Waals surface area contributed by atoms with E-state index in [0.717, 1.165) is 17.7 Å². The largest absolute Gasteiger partial charge is 0.416 e. The molecule has 3 aromatic rings. The summed E-state index contributed by atoms with van der Waals surface area (Å²) in [7, 11) is 0. The van der Waals surface area contributed by atoms with E-state index in [1.54, 1.807) is 24.3 Å². The molecule has 0 aliphatic heterocycles. The van der Waals surface area contributed by atoms with Gasteiger partial charge in [0.05, 0.1) is 5.56 Å². The highest BCUT2D eigenvalue weighted by molar-refractivity contribution is 6.06. The van der Waals surface area contributed by atoms with Crippen molar-refractivity contribution < 1.29 is 22.8 Å². The van der Waals surface area contributed by atoms with Crippen molar-refractivity contribution in [3.8, 4) is 0 Å². The van der Waals surface area contributed by atoms with Crippen LogP contribution in [0.4, 0.5) is 24.5 Å². The van der Waals surface area contributed by atoms with Gasteiger partial charge >= 0.3 is 6.18 Å². The lowest BCUT2D eigenvalue weighted by Crippen LogP contribution is -2.15. The summed E-state index contributed by atoms with van der Waals surface area (Å²) >= 11 is 0. The van der Waals surface area contributed by atoms with Crippen LogP contribution in [0.2, 0.25) is 0 Å². The molecule has 0 spiro atoms. The van der Waals surface area contributed by atoms with Crippen LogP contribution in [0.3, 0.4) is 0 Å². The lowest BCUT2D eigenvalue weighted by Gasteiger charge is -2.11. The summed E-state index contributed by atoms with van der Waals surface area (Å²) in [6, 6.07) is 17.6. The summed E-state index contributed by atoms with van der Waals surface area (Å²) in [5, 5.41) is 5.18. The van der Waals surface area contributed by atoms with Gasteiger partial charge in [-0.3, -0.25) is 9.59 Å². The molecule has 0 atom stereocenters. The lowest BCUT2D eigenvalue weighted by molar-refractivity contribution is -0.137. The predicted octanol–water partition coefficient (Wildman–Crippen LogP) is 5.52. The number of amides is 2. The Kier molecular flexibility index (Phi) is 5.68. The Labute approximate surface area is 165 Å². The Hall–Kier alpha value is -3.61. The summed E-state index contributed by atoms with van der Waals surface area (Å²) in [4.78, 5) is 24.6. The maximum atomic E-state index is 12.8. The van der Waals surface area contributed by atoms with Gasteiger partial charge in [0.2, 0.25) is 0 Å². The highest BCUT2D eigenvalue weighted by Gasteiger charge is 2.30. The average Bonchev–Trinajstić information content (AvgIpc) is 2.68. The Morgan fingerprint density at radius 1 is 0.759 bits per heavy atom. The van der Waals surface area contributed by atoms with Gasteiger partial charge < -0.3 is 10.6 Å². The van der Waals surface area contributed by atoms with Crippen molar-refractivity contribution in [2.75, 3.05) is 10.6 Å². The number of rotatable bonds is 4. The zero-order valence-electron chi connectivity index (χ0n) is 15.4. The molecule has 3 rings (SSSR count). The second-order valence-corrected chi connectivity index (χ2v) is 6.38. The van der Waals surface area contributed by atoms with Crippen molar-refractivity contribution in [3.63, 3.8) is 0 Å². The van der Waals surface area contributed by atoms with Crippen molar-refractivity contribution in [1.29, 1.82) is 0 Å². The number of nitrogens with one attached hydrogen (secondary N) is 2. The summed E-state index contributed by atoms with van der Waals surface area (Å²) < 4.78 is 38.3. The van der Waals surface area contributed by atoms with E-state index in [4.69, 9.17) is 0 Å². The maximum absolute atomic E-state index is 12.8. The van der Waals surface area contributed by atoms with Crippen molar-refractivity contribution in [2.24, 2.45) is 0 Å². The number of benzene rings is 3. The van der Waals surface area contributed by atoms with Crippen LogP contribution in [0.5, 0.6) is 0 Å². The second kappa shape index (κ2) is 8.18. The quantitative estimate of drug-likeness (QED) is 0.608. The van der Waals surface area contributed by atoms with Crippen LogP contribution >= 0.6 is 0 Å². The summed E-state index contributed by atoms with van der Waals surface area (Å²) in [5.41, 5.74) is 1.32. The first-order valence-corrected chi connectivity index (χ1v) is 8.70. The van der Waals surface area contributed by atoms with E-state index in [1.807, 2.05) is 19.1 Å². The molecule has 0 bridgehead atoms. The van der Waals surface area contributed by atoms with Gasteiger partial charge in [-0.25, -0.2) is 0 Å². The second-order valence-electron chi connectivity index (χ2n) is 6.38. The average molecular weight is 398 g/mol. The topological polar surface area (TPSA) is 58.2 Å². The number of anilines is 2. The Morgan fingerprint density at radius 2 is 1.41 bits per heavy atom. The molecule has 0 heterocycles. The number of hydrogen-bond donors (Lipinski definition) is 2. The maximum Gasteiger partial charge on any atom is 0.416 e. The molecule has 4 nitrogen and oxygen atoms in total. The minimum absolute atomic E-state index is 0.0433. The molecule has 0 aliphatic carbocycles. The monoisotopic (exact) mass is 398 g/mol. The number of carbonyl (C=O) groups is 2. The van der Waals surface area contributed by atoms with Crippen molar-refractivity contribution >= 4 is 23.2 Å². The third-order valence-electron chi connectivity index (χ3n) is 4.24. The lowest BCUT2D eigenvalue weighted by atomic mass is 10.1. The molecular formula is C22H17F3N2O2. The molecule has 0 fully saturated rings. The number of carbonyl (C=O) groups excluding carboxylic acids is 2. The molecule has 0 saturated heterocycles. The van der Waals surface area contributed by atoms with Crippen LogP contribution in [-0.4, -0.2) is 11.8 Å². The first-order valence-electron chi connectivity index (χ1n) is 8.70. The Balaban J connectivity index is 1.68. The van der Waals surface area contributed by atoms with Gasteiger partial charge in [-0.2, -0.15) is 13.2 Å². The van der Waals surface area contributed by atoms with E-state index in [0.29, 0.717) is 11.3 Å². The standard InChI is InChI=1S/C22H17F3N2O2/c1-14-5-2-3-8-19(14)21(29)26-17-11-9-15(10-12-17)20(28)27-18-7-4-6-16(13-18)22(23,24)25/h2-13H,1H3,(H,26,29)(H,27,28). The zero-order chi connectivity index (χ0) is 21.0. The van der Waals surface area contributed by atoms with Gasteiger partial charge in [-0.15, -0.1) is 0 Å². The summed E-state index contributed by atoms with van der Waals surface area (Å²) in [6.07, 6.45) is -4.49. The van der Waals surface area contributed by atoms with Crippen LogP contribution in [0.25, 0.3) is 0 Å².